The number of nitro benzene ring substituents is 1. The number of benzene rings is 4. The Morgan fingerprint density at radius 1 is 0.947 bits per heavy atom. The minimum Gasteiger partial charge on any atom is -0.440 e. The van der Waals surface area contributed by atoms with E-state index in [0.717, 1.165) is 11.1 Å². The average molecular weight is 504 g/mol. The van der Waals surface area contributed by atoms with Gasteiger partial charge >= 0.3 is 5.97 Å². The van der Waals surface area contributed by atoms with E-state index in [1.165, 1.54) is 18.2 Å². The van der Waals surface area contributed by atoms with Crippen molar-refractivity contribution in [2.45, 2.75) is 11.8 Å². The molecule has 0 spiro atoms. The Balaban J connectivity index is 1.50. The van der Waals surface area contributed by atoms with Crippen LogP contribution in [0.4, 0.5) is 5.69 Å². The number of nitro groups is 1. The molecule has 1 aliphatic heterocycles. The Bertz CT molecular complexity index is 1550. The zero-order valence-electron chi connectivity index (χ0n) is 20.0. The zero-order valence-corrected chi connectivity index (χ0v) is 20.0. The Labute approximate surface area is 218 Å². The number of esters is 1. The van der Waals surface area contributed by atoms with Crippen LogP contribution in [0.5, 0.6) is 11.5 Å². The normalized spacial score (nSPS) is 14.3. The Hall–Kier alpha value is -5.42. The first-order valence-electron chi connectivity index (χ1n) is 11.7. The van der Waals surface area contributed by atoms with Gasteiger partial charge < -0.3 is 15.2 Å². The lowest BCUT2D eigenvalue weighted by Gasteiger charge is -2.26. The van der Waals surface area contributed by atoms with E-state index in [-0.39, 0.29) is 22.9 Å². The minimum atomic E-state index is -0.685. The predicted molar refractivity (Wildman–Crippen MR) is 139 cm³/mol. The number of rotatable bonds is 6. The minimum absolute atomic E-state index is 0.107. The molecule has 0 saturated carbocycles. The number of ether oxygens (including phenoxy) is 2. The molecule has 0 bridgehead atoms. The molecule has 0 saturated heterocycles. The molecule has 38 heavy (non-hydrogen) atoms. The fourth-order valence-corrected chi connectivity index (χ4v) is 4.59. The van der Waals surface area contributed by atoms with Gasteiger partial charge in [0.05, 0.1) is 10.8 Å². The van der Waals surface area contributed by atoms with Crippen molar-refractivity contribution in [2.75, 3.05) is 0 Å². The molecular weight excluding hydrogens is 482 g/mol. The summed E-state index contributed by atoms with van der Waals surface area (Å²) in [5.41, 5.74) is 8.76. The van der Waals surface area contributed by atoms with Crippen LogP contribution in [0.3, 0.4) is 0 Å². The zero-order chi connectivity index (χ0) is 26.6. The summed E-state index contributed by atoms with van der Waals surface area (Å²) in [6.07, 6.45) is 0. The molecule has 4 aromatic carbocycles. The first-order chi connectivity index (χ1) is 18.5. The third-order valence-electron chi connectivity index (χ3n) is 6.32. The van der Waals surface area contributed by atoms with E-state index in [2.05, 4.69) is 6.07 Å². The van der Waals surface area contributed by atoms with Gasteiger partial charge in [0.1, 0.15) is 29.1 Å². The van der Waals surface area contributed by atoms with Gasteiger partial charge in [0.15, 0.2) is 0 Å². The van der Waals surface area contributed by atoms with Crippen molar-refractivity contribution in [3.63, 3.8) is 0 Å². The molecule has 1 unspecified atom stereocenters. The van der Waals surface area contributed by atoms with Crippen LogP contribution >= 0.6 is 0 Å². The molecule has 8 nitrogen and oxygen atoms in total. The standard InChI is InChI=1S/C30H21N3O5/c31-18-25-28(21-12-7-13-22(16-21)33(35)36)24-15-14-23(17-26(24)38-29(25)32)37-30(34)27(19-8-3-1-4-9-19)20-10-5-2-6-11-20/h1-17,27-28H,32H2. The van der Waals surface area contributed by atoms with Crippen LogP contribution in [-0.4, -0.2) is 10.9 Å². The molecule has 8 heteroatoms. The number of fused-ring (bicyclic) bond motifs is 1. The highest BCUT2D eigenvalue weighted by atomic mass is 16.6. The first kappa shape index (κ1) is 24.3. The van der Waals surface area contributed by atoms with Crippen molar-refractivity contribution in [1.82, 2.24) is 0 Å². The van der Waals surface area contributed by atoms with E-state index in [4.69, 9.17) is 15.2 Å². The van der Waals surface area contributed by atoms with Gasteiger partial charge in [0.25, 0.3) is 5.69 Å². The Morgan fingerprint density at radius 3 is 2.21 bits per heavy atom. The van der Waals surface area contributed by atoms with Gasteiger partial charge in [-0.05, 0) is 22.8 Å². The van der Waals surface area contributed by atoms with Crippen molar-refractivity contribution in [3.05, 3.63) is 147 Å². The first-order valence-corrected chi connectivity index (χ1v) is 11.7. The van der Waals surface area contributed by atoms with Crippen molar-refractivity contribution in [3.8, 4) is 17.6 Å². The quantitative estimate of drug-likeness (QED) is 0.158. The third-order valence-corrected chi connectivity index (χ3v) is 6.32. The number of carbonyl (C=O) groups excluding carboxylic acids is 1. The van der Waals surface area contributed by atoms with Crippen molar-refractivity contribution >= 4 is 11.7 Å². The average Bonchev–Trinajstić information content (AvgIpc) is 2.93. The molecule has 5 rings (SSSR count). The van der Waals surface area contributed by atoms with Gasteiger partial charge in [0, 0.05) is 23.8 Å². The highest BCUT2D eigenvalue weighted by Crippen LogP contribution is 2.44. The van der Waals surface area contributed by atoms with E-state index >= 15 is 0 Å². The smallest absolute Gasteiger partial charge is 0.323 e. The fraction of sp³-hybridized carbons (Fsp3) is 0.0667. The van der Waals surface area contributed by atoms with Crippen LogP contribution < -0.4 is 15.2 Å². The Kier molecular flexibility index (Phi) is 6.57. The van der Waals surface area contributed by atoms with Crippen molar-refractivity contribution in [1.29, 1.82) is 5.26 Å². The number of non-ortho nitro benzene ring substituents is 1. The SMILES string of the molecule is N#CC1=C(N)Oc2cc(OC(=O)C(c3ccccc3)c3ccccc3)ccc2C1c1cccc([N+](=O)[O-])c1. The molecule has 2 N–H and O–H groups in total. The maximum atomic E-state index is 13.4. The molecule has 1 aliphatic rings. The van der Waals surface area contributed by atoms with Crippen LogP contribution in [0.1, 0.15) is 34.1 Å². The van der Waals surface area contributed by atoms with Crippen LogP contribution in [0.25, 0.3) is 0 Å². The van der Waals surface area contributed by atoms with Crippen LogP contribution in [0.2, 0.25) is 0 Å². The molecule has 4 aromatic rings. The molecule has 0 fully saturated rings. The van der Waals surface area contributed by atoms with E-state index in [9.17, 15) is 20.2 Å². The van der Waals surface area contributed by atoms with Crippen LogP contribution in [0.15, 0.2) is 115 Å². The van der Waals surface area contributed by atoms with Crippen molar-refractivity contribution < 1.29 is 19.2 Å². The number of nitriles is 1. The maximum Gasteiger partial charge on any atom is 0.323 e. The molecule has 0 radical (unpaired) electrons. The van der Waals surface area contributed by atoms with Crippen LogP contribution in [0, 0.1) is 21.4 Å². The summed E-state index contributed by atoms with van der Waals surface area (Å²) >= 11 is 0. The highest BCUT2D eigenvalue weighted by molar-refractivity contribution is 5.84. The number of nitrogens with two attached hydrogens (primary N) is 1. The highest BCUT2D eigenvalue weighted by Gasteiger charge is 2.32. The third kappa shape index (κ3) is 4.68. The number of hydrogen-bond donors (Lipinski definition) is 1. The summed E-state index contributed by atoms with van der Waals surface area (Å²) in [6, 6.07) is 31.6. The number of nitrogens with zero attached hydrogens (tertiary/aromatic N) is 2. The topological polar surface area (TPSA) is 128 Å². The summed E-state index contributed by atoms with van der Waals surface area (Å²) in [6.45, 7) is 0. The fourth-order valence-electron chi connectivity index (χ4n) is 4.59. The monoisotopic (exact) mass is 503 g/mol. The molecule has 0 amide bonds. The van der Waals surface area contributed by atoms with E-state index in [1.807, 2.05) is 60.7 Å². The second-order valence-corrected chi connectivity index (χ2v) is 8.65. The van der Waals surface area contributed by atoms with Gasteiger partial charge in [-0.3, -0.25) is 14.9 Å². The van der Waals surface area contributed by atoms with E-state index in [1.54, 1.807) is 24.3 Å². The predicted octanol–water partition coefficient (Wildman–Crippen LogP) is 5.55. The van der Waals surface area contributed by atoms with Crippen LogP contribution in [-0.2, 0) is 4.79 Å². The number of hydrogen-bond acceptors (Lipinski definition) is 7. The summed E-state index contributed by atoms with van der Waals surface area (Å²) in [5.74, 6) is -1.41. The molecule has 0 aliphatic carbocycles. The van der Waals surface area contributed by atoms with Gasteiger partial charge in [0.2, 0.25) is 5.88 Å². The van der Waals surface area contributed by atoms with Gasteiger partial charge in [-0.2, -0.15) is 5.26 Å². The second kappa shape index (κ2) is 10.3. The molecule has 186 valence electrons. The summed E-state index contributed by atoms with van der Waals surface area (Å²) in [5, 5.41) is 21.1. The molecule has 1 heterocycles. The van der Waals surface area contributed by atoms with E-state index < -0.39 is 22.7 Å². The van der Waals surface area contributed by atoms with Gasteiger partial charge in [-0.25, -0.2) is 0 Å². The molecular formula is C30H21N3O5. The number of allylic oxidation sites excluding steroid dienone is 1. The molecule has 0 aromatic heterocycles. The second-order valence-electron chi connectivity index (χ2n) is 8.65. The van der Waals surface area contributed by atoms with Gasteiger partial charge in [-0.1, -0.05) is 78.9 Å². The summed E-state index contributed by atoms with van der Waals surface area (Å²) < 4.78 is 11.5. The summed E-state index contributed by atoms with van der Waals surface area (Å²) in [7, 11) is 0. The lowest BCUT2D eigenvalue weighted by molar-refractivity contribution is -0.384. The maximum absolute atomic E-state index is 13.4. The Morgan fingerprint density at radius 2 is 1.61 bits per heavy atom. The van der Waals surface area contributed by atoms with Gasteiger partial charge in [-0.15, -0.1) is 0 Å². The molecule has 1 atom stereocenters. The summed E-state index contributed by atoms with van der Waals surface area (Å²) in [4.78, 5) is 24.3. The lowest BCUT2D eigenvalue weighted by Crippen LogP contribution is -2.22. The van der Waals surface area contributed by atoms with E-state index in [0.29, 0.717) is 16.9 Å². The largest absolute Gasteiger partial charge is 0.440 e. The number of carbonyl (C=O) groups is 1. The lowest BCUT2D eigenvalue weighted by atomic mass is 9.83. The van der Waals surface area contributed by atoms with Crippen molar-refractivity contribution in [2.24, 2.45) is 5.73 Å².